The summed E-state index contributed by atoms with van der Waals surface area (Å²) < 4.78 is 0. The van der Waals surface area contributed by atoms with Crippen molar-refractivity contribution in [2.75, 3.05) is 10.6 Å². The van der Waals surface area contributed by atoms with Crippen LogP contribution in [0.4, 0.5) is 11.4 Å². The lowest BCUT2D eigenvalue weighted by molar-refractivity contribution is -0.116. The molecular formula is C17H20N2O. The summed E-state index contributed by atoms with van der Waals surface area (Å²) in [5, 5.41) is 6.14. The maximum Gasteiger partial charge on any atom is 0.246 e. The Kier molecular flexibility index (Phi) is 4.41. The summed E-state index contributed by atoms with van der Waals surface area (Å²) in [7, 11) is 0. The number of carbonyl (C=O) groups is 1. The van der Waals surface area contributed by atoms with E-state index in [1.54, 1.807) is 0 Å². The van der Waals surface area contributed by atoms with Crippen LogP contribution in [-0.2, 0) is 4.79 Å². The molecule has 1 atom stereocenters. The van der Waals surface area contributed by atoms with E-state index in [4.69, 9.17) is 0 Å². The van der Waals surface area contributed by atoms with Crippen LogP contribution in [0.5, 0.6) is 0 Å². The van der Waals surface area contributed by atoms with E-state index in [2.05, 4.69) is 10.6 Å². The minimum atomic E-state index is -0.294. The highest BCUT2D eigenvalue weighted by molar-refractivity contribution is 5.96. The van der Waals surface area contributed by atoms with Crippen molar-refractivity contribution in [1.82, 2.24) is 0 Å². The average molecular weight is 268 g/mol. The van der Waals surface area contributed by atoms with E-state index in [1.807, 2.05) is 69.3 Å². The molecule has 3 nitrogen and oxygen atoms in total. The van der Waals surface area contributed by atoms with E-state index < -0.39 is 0 Å². The largest absolute Gasteiger partial charge is 0.374 e. The third kappa shape index (κ3) is 3.60. The monoisotopic (exact) mass is 268 g/mol. The first-order chi connectivity index (χ1) is 9.56. The molecule has 0 saturated heterocycles. The first-order valence-electron chi connectivity index (χ1n) is 6.76. The molecule has 3 heteroatoms. The van der Waals surface area contributed by atoms with Gasteiger partial charge >= 0.3 is 0 Å². The molecule has 2 N–H and O–H groups in total. The molecule has 0 aliphatic carbocycles. The molecule has 2 aromatic rings. The van der Waals surface area contributed by atoms with Gasteiger partial charge in [0.25, 0.3) is 0 Å². The third-order valence-corrected chi connectivity index (χ3v) is 3.23. The van der Waals surface area contributed by atoms with Gasteiger partial charge in [-0.25, -0.2) is 0 Å². The lowest BCUT2D eigenvalue weighted by atomic mass is 10.1. The SMILES string of the molecule is Cc1ccc(NC(=O)C(C)Nc2ccccc2C)cc1. The number of rotatable bonds is 4. The first-order valence-corrected chi connectivity index (χ1v) is 6.76. The minimum absolute atomic E-state index is 0.0443. The van der Waals surface area contributed by atoms with E-state index in [9.17, 15) is 4.79 Å². The standard InChI is InChI=1S/C17H20N2O/c1-12-8-10-15(11-9-12)19-17(20)14(3)18-16-7-5-4-6-13(16)2/h4-11,14,18H,1-3H3,(H,19,20). The summed E-state index contributed by atoms with van der Waals surface area (Å²) in [5.74, 6) is -0.0443. The van der Waals surface area contributed by atoms with Crippen molar-refractivity contribution in [3.63, 3.8) is 0 Å². The van der Waals surface area contributed by atoms with Crippen molar-refractivity contribution in [3.05, 3.63) is 59.7 Å². The minimum Gasteiger partial charge on any atom is -0.374 e. The van der Waals surface area contributed by atoms with E-state index in [1.165, 1.54) is 5.56 Å². The van der Waals surface area contributed by atoms with Crippen LogP contribution in [-0.4, -0.2) is 11.9 Å². The highest BCUT2D eigenvalue weighted by Gasteiger charge is 2.13. The summed E-state index contributed by atoms with van der Waals surface area (Å²) in [4.78, 5) is 12.1. The highest BCUT2D eigenvalue weighted by atomic mass is 16.2. The van der Waals surface area contributed by atoms with Crippen molar-refractivity contribution in [1.29, 1.82) is 0 Å². The Morgan fingerprint density at radius 2 is 1.65 bits per heavy atom. The third-order valence-electron chi connectivity index (χ3n) is 3.23. The Labute approximate surface area is 120 Å². The zero-order chi connectivity index (χ0) is 14.5. The summed E-state index contributed by atoms with van der Waals surface area (Å²) in [6.07, 6.45) is 0. The second-order valence-electron chi connectivity index (χ2n) is 5.04. The normalized spacial score (nSPS) is 11.8. The molecule has 0 spiro atoms. The number of benzene rings is 2. The van der Waals surface area contributed by atoms with Gasteiger partial charge in [0.05, 0.1) is 0 Å². The molecular weight excluding hydrogens is 248 g/mol. The van der Waals surface area contributed by atoms with E-state index in [-0.39, 0.29) is 11.9 Å². The van der Waals surface area contributed by atoms with E-state index in [0.717, 1.165) is 16.9 Å². The number of hydrogen-bond acceptors (Lipinski definition) is 2. The van der Waals surface area contributed by atoms with Gasteiger partial charge in [0, 0.05) is 11.4 Å². The summed E-state index contributed by atoms with van der Waals surface area (Å²) in [5.41, 5.74) is 4.11. The zero-order valence-corrected chi connectivity index (χ0v) is 12.1. The lowest BCUT2D eigenvalue weighted by Gasteiger charge is -2.16. The smallest absolute Gasteiger partial charge is 0.246 e. The van der Waals surface area contributed by atoms with Crippen molar-refractivity contribution in [2.45, 2.75) is 26.8 Å². The summed E-state index contributed by atoms with van der Waals surface area (Å²) in [6, 6.07) is 15.4. The first kappa shape index (κ1) is 14.1. The van der Waals surface area contributed by atoms with Crippen molar-refractivity contribution >= 4 is 17.3 Å². The number of amides is 1. The molecule has 2 rings (SSSR count). The molecule has 0 aromatic heterocycles. The Morgan fingerprint density at radius 1 is 1.00 bits per heavy atom. The van der Waals surface area contributed by atoms with Gasteiger partial charge in [-0.2, -0.15) is 0 Å². The van der Waals surface area contributed by atoms with Gasteiger partial charge in [-0.15, -0.1) is 0 Å². The van der Waals surface area contributed by atoms with Crippen molar-refractivity contribution in [3.8, 4) is 0 Å². The van der Waals surface area contributed by atoms with Gasteiger partial charge < -0.3 is 10.6 Å². The van der Waals surface area contributed by atoms with Gasteiger partial charge in [-0.1, -0.05) is 35.9 Å². The number of anilines is 2. The van der Waals surface area contributed by atoms with Crippen LogP contribution in [0.25, 0.3) is 0 Å². The quantitative estimate of drug-likeness (QED) is 0.886. The Morgan fingerprint density at radius 3 is 2.30 bits per heavy atom. The predicted octanol–water partition coefficient (Wildman–Crippen LogP) is 3.74. The van der Waals surface area contributed by atoms with Crippen LogP contribution in [0.2, 0.25) is 0 Å². The average Bonchev–Trinajstić information content (AvgIpc) is 2.44. The van der Waals surface area contributed by atoms with Crippen LogP contribution in [0.15, 0.2) is 48.5 Å². The van der Waals surface area contributed by atoms with Gasteiger partial charge in [-0.3, -0.25) is 4.79 Å². The molecule has 0 radical (unpaired) electrons. The molecule has 104 valence electrons. The molecule has 0 aliphatic heterocycles. The van der Waals surface area contributed by atoms with Crippen LogP contribution in [0.3, 0.4) is 0 Å². The Balaban J connectivity index is 1.99. The second kappa shape index (κ2) is 6.24. The molecule has 2 aromatic carbocycles. The molecule has 0 bridgehead atoms. The van der Waals surface area contributed by atoms with E-state index >= 15 is 0 Å². The number of para-hydroxylation sites is 1. The fourth-order valence-electron chi connectivity index (χ4n) is 1.92. The molecule has 0 saturated carbocycles. The van der Waals surface area contributed by atoms with Crippen LogP contribution in [0, 0.1) is 13.8 Å². The fraction of sp³-hybridized carbons (Fsp3) is 0.235. The Bertz CT molecular complexity index is 590. The van der Waals surface area contributed by atoms with Gasteiger partial charge in [-0.05, 0) is 44.5 Å². The lowest BCUT2D eigenvalue weighted by Crippen LogP contribution is -2.32. The van der Waals surface area contributed by atoms with Crippen molar-refractivity contribution in [2.24, 2.45) is 0 Å². The topological polar surface area (TPSA) is 41.1 Å². The maximum atomic E-state index is 12.1. The van der Waals surface area contributed by atoms with Crippen LogP contribution >= 0.6 is 0 Å². The number of aryl methyl sites for hydroxylation is 2. The number of nitrogens with one attached hydrogen (secondary N) is 2. The number of carbonyl (C=O) groups excluding carboxylic acids is 1. The fourth-order valence-corrected chi connectivity index (χ4v) is 1.92. The maximum absolute atomic E-state index is 12.1. The molecule has 0 heterocycles. The van der Waals surface area contributed by atoms with Gasteiger partial charge in [0.2, 0.25) is 5.91 Å². The van der Waals surface area contributed by atoms with Gasteiger partial charge in [0.1, 0.15) is 6.04 Å². The number of hydrogen-bond donors (Lipinski definition) is 2. The highest BCUT2D eigenvalue weighted by Crippen LogP contribution is 2.15. The van der Waals surface area contributed by atoms with E-state index in [0.29, 0.717) is 0 Å². The molecule has 0 fully saturated rings. The molecule has 20 heavy (non-hydrogen) atoms. The molecule has 1 amide bonds. The second-order valence-corrected chi connectivity index (χ2v) is 5.04. The van der Waals surface area contributed by atoms with Crippen LogP contribution in [0.1, 0.15) is 18.1 Å². The molecule has 1 unspecified atom stereocenters. The zero-order valence-electron chi connectivity index (χ0n) is 12.1. The van der Waals surface area contributed by atoms with Crippen molar-refractivity contribution < 1.29 is 4.79 Å². The Hall–Kier alpha value is -2.29. The van der Waals surface area contributed by atoms with Gasteiger partial charge in [0.15, 0.2) is 0 Å². The summed E-state index contributed by atoms with van der Waals surface area (Å²) in [6.45, 7) is 5.90. The predicted molar refractivity (Wildman–Crippen MR) is 84.1 cm³/mol. The summed E-state index contributed by atoms with van der Waals surface area (Å²) >= 11 is 0. The molecule has 0 aliphatic rings. The van der Waals surface area contributed by atoms with Crippen LogP contribution < -0.4 is 10.6 Å².